The largest absolute Gasteiger partial charge is 0.497 e. The van der Waals surface area contributed by atoms with Crippen molar-refractivity contribution >= 4 is 12.4 Å². The fraction of sp³-hybridized carbons (Fsp3) is 0.0769. The van der Waals surface area contributed by atoms with E-state index in [1.165, 1.54) is 12.3 Å². The van der Waals surface area contributed by atoms with Gasteiger partial charge in [0, 0.05) is 11.1 Å². The van der Waals surface area contributed by atoms with Crippen LogP contribution in [0.2, 0.25) is 0 Å². The van der Waals surface area contributed by atoms with Crippen molar-refractivity contribution < 1.29 is 14.1 Å². The molecule has 0 aliphatic rings. The van der Waals surface area contributed by atoms with Crippen LogP contribution in [0.5, 0.6) is 5.75 Å². The molecule has 17 heavy (non-hydrogen) atoms. The molecule has 2 aromatic rings. The van der Waals surface area contributed by atoms with E-state index in [2.05, 4.69) is 5.16 Å². The number of hydrogen-bond acceptors (Lipinski definition) is 4. The van der Waals surface area contributed by atoms with E-state index in [0.29, 0.717) is 12.0 Å². The summed E-state index contributed by atoms with van der Waals surface area (Å²) in [6.45, 7) is 0. The third kappa shape index (κ3) is 2.42. The van der Waals surface area contributed by atoms with Gasteiger partial charge >= 0.3 is 0 Å². The Kier molecular flexibility index (Phi) is 3.35. The quantitative estimate of drug-likeness (QED) is 0.597. The van der Waals surface area contributed by atoms with E-state index in [0.717, 1.165) is 16.9 Å². The number of benzene rings is 1. The molecular formula is C13H11NO3. The second-order valence-electron chi connectivity index (χ2n) is 3.34. The standard InChI is InChI=1S/C13H11NO3/c1-16-12-6-4-10(5-7-12)13-11(3-2-8-15)9-17-14-13/h2-9H,1H3/b3-2+. The van der Waals surface area contributed by atoms with Crippen molar-refractivity contribution in [2.24, 2.45) is 0 Å². The van der Waals surface area contributed by atoms with Crippen molar-refractivity contribution in [3.63, 3.8) is 0 Å². The average Bonchev–Trinajstić information content (AvgIpc) is 2.84. The Morgan fingerprint density at radius 3 is 2.71 bits per heavy atom. The van der Waals surface area contributed by atoms with Gasteiger partial charge in [-0.15, -0.1) is 0 Å². The molecule has 0 bridgehead atoms. The molecule has 0 saturated heterocycles. The van der Waals surface area contributed by atoms with Crippen molar-refractivity contribution in [3.8, 4) is 17.0 Å². The molecule has 4 nitrogen and oxygen atoms in total. The first kappa shape index (κ1) is 11.1. The van der Waals surface area contributed by atoms with Crippen molar-refractivity contribution in [2.75, 3.05) is 7.11 Å². The van der Waals surface area contributed by atoms with Crippen molar-refractivity contribution in [1.82, 2.24) is 5.16 Å². The Hall–Kier alpha value is -2.36. The number of rotatable bonds is 4. The Morgan fingerprint density at radius 2 is 2.06 bits per heavy atom. The number of aldehydes is 1. The van der Waals surface area contributed by atoms with E-state index in [4.69, 9.17) is 9.26 Å². The lowest BCUT2D eigenvalue weighted by Crippen LogP contribution is -1.84. The summed E-state index contributed by atoms with van der Waals surface area (Å²) in [5.74, 6) is 0.780. The second kappa shape index (κ2) is 5.12. The fourth-order valence-corrected chi connectivity index (χ4v) is 1.47. The fourth-order valence-electron chi connectivity index (χ4n) is 1.47. The summed E-state index contributed by atoms with van der Waals surface area (Å²) in [6, 6.07) is 7.46. The molecule has 0 atom stereocenters. The maximum absolute atomic E-state index is 10.3. The molecule has 1 heterocycles. The van der Waals surface area contributed by atoms with Crippen LogP contribution in [0.3, 0.4) is 0 Å². The molecule has 0 radical (unpaired) electrons. The highest BCUT2D eigenvalue weighted by atomic mass is 16.5. The Balaban J connectivity index is 2.35. The summed E-state index contributed by atoms with van der Waals surface area (Å²) in [7, 11) is 1.61. The van der Waals surface area contributed by atoms with Crippen LogP contribution in [-0.4, -0.2) is 18.6 Å². The number of aromatic nitrogens is 1. The SMILES string of the molecule is COc1ccc(-c2nocc2/C=C/C=O)cc1. The summed E-state index contributed by atoms with van der Waals surface area (Å²) >= 11 is 0. The van der Waals surface area contributed by atoms with Crippen LogP contribution in [0, 0.1) is 0 Å². The topological polar surface area (TPSA) is 52.3 Å². The predicted molar refractivity (Wildman–Crippen MR) is 63.6 cm³/mol. The maximum Gasteiger partial charge on any atom is 0.142 e. The van der Waals surface area contributed by atoms with Crippen molar-refractivity contribution in [2.45, 2.75) is 0 Å². The van der Waals surface area contributed by atoms with E-state index in [1.807, 2.05) is 24.3 Å². The molecule has 2 rings (SSSR count). The molecule has 0 aliphatic heterocycles. The summed E-state index contributed by atoms with van der Waals surface area (Å²) in [4.78, 5) is 10.3. The summed E-state index contributed by atoms with van der Waals surface area (Å²) in [6.07, 6.45) is 5.27. The lowest BCUT2D eigenvalue weighted by molar-refractivity contribution is -0.104. The lowest BCUT2D eigenvalue weighted by atomic mass is 10.1. The van der Waals surface area contributed by atoms with Gasteiger partial charge in [0.1, 0.15) is 24.0 Å². The molecule has 0 N–H and O–H groups in total. The third-order valence-corrected chi connectivity index (χ3v) is 2.31. The predicted octanol–water partition coefficient (Wildman–Crippen LogP) is 2.56. The van der Waals surface area contributed by atoms with Crippen LogP contribution >= 0.6 is 0 Å². The van der Waals surface area contributed by atoms with Gasteiger partial charge in [0.15, 0.2) is 0 Å². The van der Waals surface area contributed by atoms with E-state index in [1.54, 1.807) is 13.2 Å². The summed E-state index contributed by atoms with van der Waals surface area (Å²) in [5, 5.41) is 3.91. The number of allylic oxidation sites excluding steroid dienone is 1. The van der Waals surface area contributed by atoms with Crippen LogP contribution in [0.4, 0.5) is 0 Å². The highest BCUT2D eigenvalue weighted by Crippen LogP contribution is 2.25. The molecule has 0 aliphatic carbocycles. The number of carbonyl (C=O) groups is 1. The van der Waals surface area contributed by atoms with Gasteiger partial charge in [0.2, 0.25) is 0 Å². The average molecular weight is 229 g/mol. The Labute approximate surface area is 98.5 Å². The van der Waals surface area contributed by atoms with Crippen molar-refractivity contribution in [1.29, 1.82) is 0 Å². The monoisotopic (exact) mass is 229 g/mol. The number of hydrogen-bond donors (Lipinski definition) is 0. The zero-order chi connectivity index (χ0) is 12.1. The zero-order valence-corrected chi connectivity index (χ0v) is 9.29. The number of ether oxygens (including phenoxy) is 1. The molecule has 0 fully saturated rings. The molecule has 0 spiro atoms. The first-order valence-corrected chi connectivity index (χ1v) is 5.06. The van der Waals surface area contributed by atoms with Gasteiger partial charge in [-0.1, -0.05) is 5.16 Å². The zero-order valence-electron chi connectivity index (χ0n) is 9.29. The van der Waals surface area contributed by atoms with E-state index in [9.17, 15) is 4.79 Å². The highest BCUT2D eigenvalue weighted by Gasteiger charge is 2.07. The Morgan fingerprint density at radius 1 is 1.29 bits per heavy atom. The molecule has 4 heteroatoms. The smallest absolute Gasteiger partial charge is 0.142 e. The number of methoxy groups -OCH3 is 1. The normalized spacial score (nSPS) is 10.6. The summed E-state index contributed by atoms with van der Waals surface area (Å²) in [5.41, 5.74) is 2.37. The van der Waals surface area contributed by atoms with Gasteiger partial charge in [-0.05, 0) is 36.4 Å². The van der Waals surface area contributed by atoms with Gasteiger partial charge < -0.3 is 9.26 Å². The Bertz CT molecular complexity index is 526. The summed E-state index contributed by atoms with van der Waals surface area (Å²) < 4.78 is 9.98. The van der Waals surface area contributed by atoms with Gasteiger partial charge in [-0.25, -0.2) is 0 Å². The minimum atomic E-state index is 0.700. The number of nitrogens with zero attached hydrogens (tertiary/aromatic N) is 1. The minimum Gasteiger partial charge on any atom is -0.497 e. The molecule has 0 unspecified atom stereocenters. The number of carbonyl (C=O) groups excluding carboxylic acids is 1. The van der Waals surface area contributed by atoms with Crippen LogP contribution in [0.25, 0.3) is 17.3 Å². The first-order valence-electron chi connectivity index (χ1n) is 5.06. The second-order valence-corrected chi connectivity index (χ2v) is 3.34. The van der Waals surface area contributed by atoms with Gasteiger partial charge in [-0.3, -0.25) is 4.79 Å². The molecule has 1 aromatic carbocycles. The third-order valence-electron chi connectivity index (χ3n) is 2.31. The molecule has 1 aromatic heterocycles. The van der Waals surface area contributed by atoms with Crippen LogP contribution < -0.4 is 4.74 Å². The van der Waals surface area contributed by atoms with Crippen molar-refractivity contribution in [3.05, 3.63) is 42.2 Å². The van der Waals surface area contributed by atoms with Gasteiger partial charge in [-0.2, -0.15) is 0 Å². The maximum atomic E-state index is 10.3. The molecule has 86 valence electrons. The van der Waals surface area contributed by atoms with Gasteiger partial charge in [0.05, 0.1) is 7.11 Å². The molecule has 0 saturated carbocycles. The van der Waals surface area contributed by atoms with Gasteiger partial charge in [0.25, 0.3) is 0 Å². The lowest BCUT2D eigenvalue weighted by Gasteiger charge is -2.00. The first-order chi connectivity index (χ1) is 8.35. The van der Waals surface area contributed by atoms with Crippen LogP contribution in [0.15, 0.2) is 41.1 Å². The molecule has 0 amide bonds. The van der Waals surface area contributed by atoms with Crippen LogP contribution in [0.1, 0.15) is 5.56 Å². The molecular weight excluding hydrogens is 218 g/mol. The highest BCUT2D eigenvalue weighted by molar-refractivity contribution is 5.78. The minimum absolute atomic E-state index is 0.700. The van der Waals surface area contributed by atoms with E-state index in [-0.39, 0.29) is 0 Å². The van der Waals surface area contributed by atoms with Crippen LogP contribution in [-0.2, 0) is 4.79 Å². The van der Waals surface area contributed by atoms with E-state index < -0.39 is 0 Å². The van der Waals surface area contributed by atoms with E-state index >= 15 is 0 Å².